The first-order chi connectivity index (χ1) is 14.8. The number of likely N-dealkylation sites (tertiary alicyclic amines) is 1. The van der Waals surface area contributed by atoms with Gasteiger partial charge >= 0.3 is 5.97 Å². The summed E-state index contributed by atoms with van der Waals surface area (Å²) in [5.74, 6) is 0.978. The minimum absolute atomic E-state index is 0.0192. The maximum absolute atomic E-state index is 12.6. The molecule has 2 aliphatic rings. The summed E-state index contributed by atoms with van der Waals surface area (Å²) in [6.07, 6.45) is 4.47. The van der Waals surface area contributed by atoms with E-state index in [0.29, 0.717) is 19.5 Å². The molecule has 0 radical (unpaired) electrons. The maximum atomic E-state index is 12.6. The molecule has 1 aromatic rings. The van der Waals surface area contributed by atoms with E-state index < -0.39 is 0 Å². The molecule has 0 aromatic heterocycles. The molecular weight excluding hydrogens is 400 g/mol. The Morgan fingerprint density at radius 1 is 1.29 bits per heavy atom. The third-order valence-corrected chi connectivity index (χ3v) is 5.98. The maximum Gasteiger partial charge on any atom is 0.312 e. The molecule has 2 saturated heterocycles. The molecule has 1 aromatic carbocycles. The van der Waals surface area contributed by atoms with E-state index in [1.54, 1.807) is 7.11 Å². The Kier molecular flexibility index (Phi) is 9.30. The van der Waals surface area contributed by atoms with Crippen molar-refractivity contribution >= 4 is 18.3 Å². The number of carbonyl (C=O) groups excluding carboxylic acids is 2. The number of esters is 1. The van der Waals surface area contributed by atoms with Crippen LogP contribution in [0.5, 0.6) is 5.75 Å². The van der Waals surface area contributed by atoms with Crippen molar-refractivity contribution in [3.05, 3.63) is 29.8 Å². The predicted molar refractivity (Wildman–Crippen MR) is 116 cm³/mol. The molecular formula is C23H34N2O6. The van der Waals surface area contributed by atoms with Crippen LogP contribution in [0.15, 0.2) is 24.3 Å². The van der Waals surface area contributed by atoms with Crippen LogP contribution in [0.1, 0.15) is 37.7 Å². The van der Waals surface area contributed by atoms with Crippen molar-refractivity contribution in [1.29, 1.82) is 0 Å². The lowest BCUT2D eigenvalue weighted by molar-refractivity contribution is -0.152. The van der Waals surface area contributed by atoms with Gasteiger partial charge < -0.3 is 24.4 Å². The first-order valence-corrected chi connectivity index (χ1v) is 10.7. The van der Waals surface area contributed by atoms with Crippen molar-refractivity contribution < 1.29 is 29.0 Å². The summed E-state index contributed by atoms with van der Waals surface area (Å²) in [7, 11) is 5.64. The number of hydrogen-bond acceptors (Lipinski definition) is 6. The molecule has 0 saturated carbocycles. The number of carboxylic acid groups (broad SMARTS) is 1. The Hall–Kier alpha value is -2.61. The van der Waals surface area contributed by atoms with Gasteiger partial charge in [-0.05, 0) is 57.5 Å². The summed E-state index contributed by atoms with van der Waals surface area (Å²) in [5.41, 5.74) is 0.840. The van der Waals surface area contributed by atoms with Crippen LogP contribution in [0.3, 0.4) is 0 Å². The van der Waals surface area contributed by atoms with Gasteiger partial charge in [-0.3, -0.25) is 14.4 Å². The summed E-state index contributed by atoms with van der Waals surface area (Å²) in [6.45, 7) is 1.83. The summed E-state index contributed by atoms with van der Waals surface area (Å²) < 4.78 is 10.8. The van der Waals surface area contributed by atoms with E-state index in [0.717, 1.165) is 44.4 Å². The fourth-order valence-electron chi connectivity index (χ4n) is 4.33. The Bertz CT molecular complexity index is 726. The van der Waals surface area contributed by atoms with Crippen molar-refractivity contribution in [1.82, 2.24) is 9.80 Å². The first-order valence-electron chi connectivity index (χ1n) is 10.7. The smallest absolute Gasteiger partial charge is 0.312 e. The van der Waals surface area contributed by atoms with Gasteiger partial charge in [0, 0.05) is 32.5 Å². The number of methoxy groups -OCH3 is 1. The molecule has 1 N–H and O–H groups in total. The van der Waals surface area contributed by atoms with E-state index >= 15 is 0 Å². The highest BCUT2D eigenvalue weighted by Gasteiger charge is 2.50. The van der Waals surface area contributed by atoms with Crippen LogP contribution in [-0.2, 0) is 25.5 Å². The Balaban J connectivity index is 0.00000107. The van der Waals surface area contributed by atoms with Gasteiger partial charge in [0.05, 0.1) is 12.5 Å². The van der Waals surface area contributed by atoms with Crippen molar-refractivity contribution in [2.75, 3.05) is 40.8 Å². The van der Waals surface area contributed by atoms with Crippen molar-refractivity contribution in [3.8, 4) is 5.75 Å². The quantitative estimate of drug-likeness (QED) is 0.519. The lowest BCUT2D eigenvalue weighted by Crippen LogP contribution is -2.45. The van der Waals surface area contributed by atoms with E-state index in [1.807, 2.05) is 43.3 Å². The lowest BCUT2D eigenvalue weighted by atomic mass is 9.76. The largest absolute Gasteiger partial charge is 0.497 e. The van der Waals surface area contributed by atoms with Gasteiger partial charge in [0.1, 0.15) is 11.9 Å². The highest BCUT2D eigenvalue weighted by Crippen LogP contribution is 2.43. The van der Waals surface area contributed by atoms with Gasteiger partial charge in [0.25, 0.3) is 6.47 Å². The second-order valence-corrected chi connectivity index (χ2v) is 8.46. The van der Waals surface area contributed by atoms with Crippen LogP contribution in [0, 0.1) is 5.41 Å². The van der Waals surface area contributed by atoms with Crippen LogP contribution in [0.4, 0.5) is 0 Å². The molecule has 31 heavy (non-hydrogen) atoms. The number of aryl methyl sites for hydroxylation is 1. The second kappa shape index (κ2) is 11.7. The van der Waals surface area contributed by atoms with Gasteiger partial charge in [-0.2, -0.15) is 0 Å². The summed E-state index contributed by atoms with van der Waals surface area (Å²) in [4.78, 5) is 37.3. The number of ether oxygens (including phenoxy) is 2. The molecule has 2 heterocycles. The first kappa shape index (κ1) is 24.7. The monoisotopic (exact) mass is 434 g/mol. The zero-order chi connectivity index (χ0) is 22.9. The number of amides is 1. The minimum atomic E-state index is -0.374. The highest BCUT2D eigenvalue weighted by molar-refractivity contribution is 5.80. The third-order valence-electron chi connectivity index (χ3n) is 5.98. The van der Waals surface area contributed by atoms with Crippen molar-refractivity contribution in [3.63, 3.8) is 0 Å². The molecule has 8 heteroatoms. The topological polar surface area (TPSA) is 96.4 Å². The molecule has 2 aliphatic heterocycles. The molecule has 1 atom stereocenters. The van der Waals surface area contributed by atoms with Gasteiger partial charge in [-0.25, -0.2) is 0 Å². The zero-order valence-electron chi connectivity index (χ0n) is 18.7. The van der Waals surface area contributed by atoms with Crippen LogP contribution in [0.25, 0.3) is 0 Å². The van der Waals surface area contributed by atoms with Crippen molar-refractivity contribution in [2.45, 2.75) is 44.6 Å². The number of hydrogen-bond donors (Lipinski definition) is 1. The number of benzene rings is 1. The van der Waals surface area contributed by atoms with Gasteiger partial charge in [-0.1, -0.05) is 12.1 Å². The summed E-state index contributed by atoms with van der Waals surface area (Å²) >= 11 is 0. The van der Waals surface area contributed by atoms with Crippen molar-refractivity contribution in [2.24, 2.45) is 5.41 Å². The van der Waals surface area contributed by atoms with E-state index in [1.165, 1.54) is 5.56 Å². The molecule has 1 amide bonds. The van der Waals surface area contributed by atoms with E-state index in [-0.39, 0.29) is 29.9 Å². The van der Waals surface area contributed by atoms with Gasteiger partial charge in [-0.15, -0.1) is 0 Å². The molecule has 3 rings (SSSR count). The van der Waals surface area contributed by atoms with E-state index in [9.17, 15) is 9.59 Å². The second-order valence-electron chi connectivity index (χ2n) is 8.46. The number of cyclic esters (lactones) is 1. The van der Waals surface area contributed by atoms with Crippen LogP contribution in [-0.4, -0.2) is 80.2 Å². The standard InChI is InChI=1S/C22H32N2O4.CH2O2/c1-23(2)16-19-15-22(21(26)28-19)11-13-24(14-12-22)20(25)6-4-5-17-7-9-18(27-3)10-8-17;2-1-3/h7-10,19H,4-6,11-16H2,1-3H3;1H,(H,2,3). The lowest BCUT2D eigenvalue weighted by Gasteiger charge is -2.36. The summed E-state index contributed by atoms with van der Waals surface area (Å²) in [5, 5.41) is 6.89. The van der Waals surface area contributed by atoms with Crippen LogP contribution in [0.2, 0.25) is 0 Å². The molecule has 0 aliphatic carbocycles. The number of nitrogens with zero attached hydrogens (tertiary/aromatic N) is 2. The summed E-state index contributed by atoms with van der Waals surface area (Å²) in [6, 6.07) is 7.99. The van der Waals surface area contributed by atoms with Crippen LogP contribution >= 0.6 is 0 Å². The van der Waals surface area contributed by atoms with E-state index in [2.05, 4.69) is 4.90 Å². The van der Waals surface area contributed by atoms with Gasteiger partial charge in [0.2, 0.25) is 5.91 Å². The Morgan fingerprint density at radius 3 is 2.45 bits per heavy atom. The molecule has 0 bridgehead atoms. The fourth-order valence-corrected chi connectivity index (χ4v) is 4.33. The van der Waals surface area contributed by atoms with E-state index in [4.69, 9.17) is 19.4 Å². The molecule has 1 unspecified atom stereocenters. The number of likely N-dealkylation sites (N-methyl/N-ethyl adjacent to an activating group) is 1. The molecule has 1 spiro atoms. The molecule has 172 valence electrons. The minimum Gasteiger partial charge on any atom is -0.497 e. The average molecular weight is 435 g/mol. The average Bonchev–Trinajstić information content (AvgIpc) is 3.03. The zero-order valence-corrected chi connectivity index (χ0v) is 18.7. The van der Waals surface area contributed by atoms with Gasteiger partial charge in [0.15, 0.2) is 0 Å². The SMILES string of the molecule is COc1ccc(CCCC(=O)N2CCC3(CC2)CC(CN(C)C)OC3=O)cc1.O=CO. The fraction of sp³-hybridized carbons (Fsp3) is 0.609. The third kappa shape index (κ3) is 6.95. The number of piperidine rings is 1. The Morgan fingerprint density at radius 2 is 1.90 bits per heavy atom. The number of carbonyl (C=O) groups is 3. The molecule has 8 nitrogen and oxygen atoms in total. The predicted octanol–water partition coefficient (Wildman–Crippen LogP) is 2.20. The Labute approximate surface area is 184 Å². The van der Waals surface area contributed by atoms with Crippen LogP contribution < -0.4 is 4.74 Å². The molecule has 2 fully saturated rings. The number of rotatable bonds is 7. The normalized spacial score (nSPS) is 19.5. The highest BCUT2D eigenvalue weighted by atomic mass is 16.6.